The number of rotatable bonds is 8. The van der Waals surface area contributed by atoms with Gasteiger partial charge in [-0.2, -0.15) is 0 Å². The first-order valence-electron chi connectivity index (χ1n) is 6.01. The minimum absolute atomic E-state index is 0.884. The van der Waals surface area contributed by atoms with Crippen molar-refractivity contribution in [2.75, 3.05) is 6.54 Å². The predicted octanol–water partition coefficient (Wildman–Crippen LogP) is 2.19. The zero-order valence-corrected chi connectivity index (χ0v) is 10.1. The molecule has 0 aliphatic heterocycles. The third kappa shape index (κ3) is 4.50. The second kappa shape index (κ2) is 7.95. The lowest BCUT2D eigenvalue weighted by atomic mass is 10.2. The molecule has 3 nitrogen and oxygen atoms in total. The molecule has 0 fully saturated rings. The molecular weight excluding hydrogens is 198 g/mol. The molecule has 0 unspecified atom stereocenters. The molecule has 1 aromatic heterocycles. The molecule has 0 radical (unpaired) electrons. The highest BCUT2D eigenvalue weighted by molar-refractivity contribution is 4.97. The molecule has 1 aromatic rings. The summed E-state index contributed by atoms with van der Waals surface area (Å²) in [6, 6.07) is 0. The van der Waals surface area contributed by atoms with Gasteiger partial charge in [0.25, 0.3) is 0 Å². The van der Waals surface area contributed by atoms with Crippen LogP contribution in [0, 0.1) is 12.3 Å². The molecule has 1 N–H and O–H groups in total. The van der Waals surface area contributed by atoms with Crippen LogP contribution in [-0.4, -0.2) is 16.1 Å². The number of unbranched alkanes of at least 4 members (excludes halogenated alkanes) is 2. The highest BCUT2D eigenvalue weighted by atomic mass is 15.1. The Hall–Kier alpha value is -1.27. The van der Waals surface area contributed by atoms with Crippen molar-refractivity contribution in [3.63, 3.8) is 0 Å². The van der Waals surface area contributed by atoms with E-state index in [1.165, 1.54) is 5.69 Å². The Balaban J connectivity index is 2.16. The molecule has 1 rings (SSSR count). The van der Waals surface area contributed by atoms with E-state index in [0.29, 0.717) is 0 Å². The second-order valence-electron chi connectivity index (χ2n) is 3.92. The highest BCUT2D eigenvalue weighted by Crippen LogP contribution is 2.00. The summed E-state index contributed by atoms with van der Waals surface area (Å²) in [5, 5.41) is 3.42. The smallest absolute Gasteiger partial charge is 0.0948 e. The van der Waals surface area contributed by atoms with E-state index in [1.54, 1.807) is 0 Å². The molecule has 0 saturated heterocycles. The lowest BCUT2D eigenvalue weighted by molar-refractivity contribution is 0.582. The highest BCUT2D eigenvalue weighted by Gasteiger charge is 1.99. The topological polar surface area (TPSA) is 29.9 Å². The zero-order chi connectivity index (χ0) is 11.6. The minimum Gasteiger partial charge on any atom is -0.333 e. The fourth-order valence-electron chi connectivity index (χ4n) is 1.63. The Morgan fingerprint density at radius 1 is 1.50 bits per heavy atom. The van der Waals surface area contributed by atoms with Gasteiger partial charge >= 0.3 is 0 Å². The van der Waals surface area contributed by atoms with Crippen LogP contribution in [0.4, 0.5) is 0 Å². The maximum atomic E-state index is 5.19. The Kier molecular flexibility index (Phi) is 6.36. The first-order valence-corrected chi connectivity index (χ1v) is 6.01. The van der Waals surface area contributed by atoms with Crippen LogP contribution in [-0.2, 0) is 13.1 Å². The van der Waals surface area contributed by atoms with Crippen molar-refractivity contribution in [2.24, 2.45) is 0 Å². The van der Waals surface area contributed by atoms with E-state index >= 15 is 0 Å². The monoisotopic (exact) mass is 219 g/mol. The molecule has 0 aliphatic carbocycles. The van der Waals surface area contributed by atoms with Crippen molar-refractivity contribution in [2.45, 2.75) is 45.7 Å². The van der Waals surface area contributed by atoms with Crippen molar-refractivity contribution >= 4 is 0 Å². The van der Waals surface area contributed by atoms with Crippen LogP contribution >= 0.6 is 0 Å². The summed E-state index contributed by atoms with van der Waals surface area (Å²) in [5.41, 5.74) is 1.26. The van der Waals surface area contributed by atoms with Gasteiger partial charge in [0.15, 0.2) is 0 Å². The summed E-state index contributed by atoms with van der Waals surface area (Å²) in [6.45, 7) is 5.15. The zero-order valence-electron chi connectivity index (χ0n) is 10.1. The number of nitrogens with one attached hydrogen (secondary N) is 1. The van der Waals surface area contributed by atoms with Gasteiger partial charge in [-0.15, -0.1) is 12.3 Å². The van der Waals surface area contributed by atoms with Gasteiger partial charge in [0.1, 0.15) is 0 Å². The number of imidazole rings is 1. The van der Waals surface area contributed by atoms with Gasteiger partial charge in [-0.25, -0.2) is 4.98 Å². The molecule has 0 atom stereocenters. The predicted molar refractivity (Wildman–Crippen MR) is 66.9 cm³/mol. The summed E-state index contributed by atoms with van der Waals surface area (Å²) < 4.78 is 2.20. The van der Waals surface area contributed by atoms with E-state index in [2.05, 4.69) is 27.7 Å². The van der Waals surface area contributed by atoms with Gasteiger partial charge in [-0.05, 0) is 25.8 Å². The molecule has 16 heavy (non-hydrogen) atoms. The molecule has 0 aliphatic rings. The van der Waals surface area contributed by atoms with Crippen LogP contribution in [0.3, 0.4) is 0 Å². The molecule has 0 amide bonds. The first kappa shape index (κ1) is 12.8. The number of nitrogens with zero attached hydrogens (tertiary/aromatic N) is 2. The number of aromatic nitrogens is 2. The average Bonchev–Trinajstić information content (AvgIpc) is 2.72. The standard InChI is InChI=1S/C13H21N3/c1-3-5-6-7-8-14-10-13-11-15-12-16(13)9-4-2/h1,11-12,14H,4-10H2,2H3. The number of aryl methyl sites for hydroxylation is 1. The van der Waals surface area contributed by atoms with Gasteiger partial charge in [0, 0.05) is 25.7 Å². The van der Waals surface area contributed by atoms with Gasteiger partial charge in [0.2, 0.25) is 0 Å². The summed E-state index contributed by atoms with van der Waals surface area (Å²) >= 11 is 0. The quantitative estimate of drug-likeness (QED) is 0.536. The SMILES string of the molecule is C#CCCCCNCc1cncn1CCC. The summed E-state index contributed by atoms with van der Waals surface area (Å²) in [4.78, 5) is 4.17. The van der Waals surface area contributed by atoms with Crippen LogP contribution in [0.5, 0.6) is 0 Å². The molecule has 1 heterocycles. The van der Waals surface area contributed by atoms with Crippen LogP contribution in [0.25, 0.3) is 0 Å². The summed E-state index contributed by atoms with van der Waals surface area (Å²) in [7, 11) is 0. The third-order valence-corrected chi connectivity index (χ3v) is 2.49. The maximum Gasteiger partial charge on any atom is 0.0948 e. The van der Waals surface area contributed by atoms with Crippen LogP contribution in [0.1, 0.15) is 38.3 Å². The number of hydrogen-bond donors (Lipinski definition) is 1. The summed E-state index contributed by atoms with van der Waals surface area (Å²) in [5.74, 6) is 2.66. The molecular formula is C13H21N3. The van der Waals surface area contributed by atoms with E-state index in [4.69, 9.17) is 6.42 Å². The lowest BCUT2D eigenvalue weighted by Gasteiger charge is -2.07. The van der Waals surface area contributed by atoms with E-state index in [9.17, 15) is 0 Å². The normalized spacial score (nSPS) is 10.2. The second-order valence-corrected chi connectivity index (χ2v) is 3.92. The van der Waals surface area contributed by atoms with E-state index in [0.717, 1.165) is 45.3 Å². The molecule has 0 aromatic carbocycles. The Bertz CT molecular complexity index is 322. The molecule has 88 valence electrons. The van der Waals surface area contributed by atoms with Gasteiger partial charge in [-0.3, -0.25) is 0 Å². The number of terminal acetylenes is 1. The molecule has 3 heteroatoms. The number of hydrogen-bond acceptors (Lipinski definition) is 2. The molecule has 0 saturated carbocycles. The van der Waals surface area contributed by atoms with Crippen LogP contribution < -0.4 is 5.32 Å². The maximum absolute atomic E-state index is 5.19. The summed E-state index contributed by atoms with van der Waals surface area (Å²) in [6.07, 6.45) is 13.3. The Labute approximate surface area is 98.3 Å². The Morgan fingerprint density at radius 2 is 2.38 bits per heavy atom. The molecule has 0 spiro atoms. The van der Waals surface area contributed by atoms with Gasteiger partial charge in [-0.1, -0.05) is 6.92 Å². The first-order chi connectivity index (χ1) is 7.88. The van der Waals surface area contributed by atoms with E-state index in [-0.39, 0.29) is 0 Å². The van der Waals surface area contributed by atoms with Gasteiger partial charge < -0.3 is 9.88 Å². The molecule has 0 bridgehead atoms. The van der Waals surface area contributed by atoms with E-state index in [1.807, 2.05) is 12.5 Å². The van der Waals surface area contributed by atoms with E-state index < -0.39 is 0 Å². The fraction of sp³-hybridized carbons (Fsp3) is 0.615. The fourth-order valence-corrected chi connectivity index (χ4v) is 1.63. The van der Waals surface area contributed by atoms with Crippen LogP contribution in [0.2, 0.25) is 0 Å². The Morgan fingerprint density at radius 3 is 3.12 bits per heavy atom. The van der Waals surface area contributed by atoms with Crippen molar-refractivity contribution in [1.29, 1.82) is 0 Å². The third-order valence-electron chi connectivity index (χ3n) is 2.49. The van der Waals surface area contributed by atoms with Crippen LogP contribution in [0.15, 0.2) is 12.5 Å². The largest absolute Gasteiger partial charge is 0.333 e. The average molecular weight is 219 g/mol. The lowest BCUT2D eigenvalue weighted by Crippen LogP contribution is -2.17. The van der Waals surface area contributed by atoms with Crippen molar-refractivity contribution in [3.8, 4) is 12.3 Å². The van der Waals surface area contributed by atoms with Crippen molar-refractivity contribution in [3.05, 3.63) is 18.2 Å². The minimum atomic E-state index is 0.884. The van der Waals surface area contributed by atoms with Crippen molar-refractivity contribution in [1.82, 2.24) is 14.9 Å². The van der Waals surface area contributed by atoms with Gasteiger partial charge in [0.05, 0.1) is 12.0 Å². The van der Waals surface area contributed by atoms with Crippen molar-refractivity contribution < 1.29 is 0 Å².